The first-order chi connectivity index (χ1) is 14.2. The molecular formula is C21H19NO8. The van der Waals surface area contributed by atoms with Crippen LogP contribution >= 0.6 is 0 Å². The van der Waals surface area contributed by atoms with E-state index in [2.05, 4.69) is 0 Å². The summed E-state index contributed by atoms with van der Waals surface area (Å²) in [7, 11) is 1.49. The van der Waals surface area contributed by atoms with Crippen LogP contribution in [-0.4, -0.2) is 29.8 Å². The van der Waals surface area contributed by atoms with Crippen molar-refractivity contribution in [2.75, 3.05) is 7.11 Å². The molecule has 30 heavy (non-hydrogen) atoms. The highest BCUT2D eigenvalue weighted by Crippen LogP contribution is 2.27. The average molecular weight is 413 g/mol. The molecule has 0 atom stereocenters. The van der Waals surface area contributed by atoms with Gasteiger partial charge in [-0.2, -0.15) is 0 Å². The first-order valence-corrected chi connectivity index (χ1v) is 8.91. The molecule has 9 nitrogen and oxygen atoms in total. The third-order valence-electron chi connectivity index (χ3n) is 4.16. The number of nitrogens with zero attached hydrogens (tertiary/aromatic N) is 1. The van der Waals surface area contributed by atoms with E-state index in [4.69, 9.17) is 18.9 Å². The number of carbonyl (C=O) groups excluding carboxylic acids is 2. The summed E-state index contributed by atoms with van der Waals surface area (Å²) in [6.45, 7) is 2.98. The summed E-state index contributed by atoms with van der Waals surface area (Å²) in [5, 5.41) is 10.9. The molecule has 0 radical (unpaired) electrons. The molecule has 0 unspecified atom stereocenters. The lowest BCUT2D eigenvalue weighted by Crippen LogP contribution is -2.41. The second kappa shape index (κ2) is 8.24. The van der Waals surface area contributed by atoms with E-state index in [9.17, 15) is 19.7 Å². The van der Waals surface area contributed by atoms with Crippen LogP contribution in [0.4, 0.5) is 5.69 Å². The lowest BCUT2D eigenvalue weighted by atomic mass is 10.1. The van der Waals surface area contributed by atoms with Crippen LogP contribution in [0.25, 0.3) is 6.08 Å². The maximum absolute atomic E-state index is 12.1. The zero-order valence-electron chi connectivity index (χ0n) is 16.5. The Labute approximate surface area is 172 Å². The predicted molar refractivity (Wildman–Crippen MR) is 105 cm³/mol. The number of nitro groups is 1. The van der Waals surface area contributed by atoms with E-state index in [0.717, 1.165) is 0 Å². The molecule has 1 saturated heterocycles. The Balaban J connectivity index is 1.84. The van der Waals surface area contributed by atoms with E-state index in [-0.39, 0.29) is 17.9 Å². The van der Waals surface area contributed by atoms with Crippen molar-refractivity contribution in [1.29, 1.82) is 0 Å². The zero-order valence-corrected chi connectivity index (χ0v) is 16.5. The van der Waals surface area contributed by atoms with Crippen molar-refractivity contribution in [3.05, 3.63) is 69.3 Å². The standard InChI is InChI=1S/C21H19NO8/c1-21(2)29-19(23)17(20(24)30-21)10-13-7-8-18(27-3)14(9-13)12-28-16-6-4-5-15(11-16)22(25)26/h4-11H,12H2,1-3H3. The zero-order chi connectivity index (χ0) is 21.9. The normalized spacial score (nSPS) is 15.1. The average Bonchev–Trinajstić information content (AvgIpc) is 2.68. The van der Waals surface area contributed by atoms with Gasteiger partial charge in [0.2, 0.25) is 0 Å². The predicted octanol–water partition coefficient (Wildman–Crippen LogP) is 3.40. The Bertz CT molecular complexity index is 1020. The molecule has 1 heterocycles. The van der Waals surface area contributed by atoms with Crippen molar-refractivity contribution in [2.24, 2.45) is 0 Å². The number of hydrogen-bond donors (Lipinski definition) is 0. The molecule has 1 fully saturated rings. The Morgan fingerprint density at radius 2 is 1.80 bits per heavy atom. The number of ether oxygens (including phenoxy) is 4. The Morgan fingerprint density at radius 1 is 1.10 bits per heavy atom. The van der Waals surface area contributed by atoms with Crippen molar-refractivity contribution in [3.8, 4) is 11.5 Å². The molecule has 3 rings (SSSR count). The summed E-state index contributed by atoms with van der Waals surface area (Å²) in [5.41, 5.74) is 0.813. The van der Waals surface area contributed by atoms with Gasteiger partial charge in [0.25, 0.3) is 11.5 Å². The van der Waals surface area contributed by atoms with Crippen LogP contribution < -0.4 is 9.47 Å². The van der Waals surface area contributed by atoms with Crippen LogP contribution in [-0.2, 0) is 25.7 Å². The van der Waals surface area contributed by atoms with Gasteiger partial charge in [-0.15, -0.1) is 0 Å². The number of esters is 2. The summed E-state index contributed by atoms with van der Waals surface area (Å²) < 4.78 is 21.1. The number of carbonyl (C=O) groups is 2. The van der Waals surface area contributed by atoms with E-state index in [1.165, 1.54) is 45.2 Å². The molecule has 0 aliphatic carbocycles. The molecule has 0 saturated carbocycles. The Hall–Kier alpha value is -3.88. The van der Waals surface area contributed by atoms with Gasteiger partial charge in [-0.05, 0) is 29.8 Å². The molecule has 0 bridgehead atoms. The highest BCUT2D eigenvalue weighted by Gasteiger charge is 2.38. The van der Waals surface area contributed by atoms with Crippen LogP contribution in [0.2, 0.25) is 0 Å². The topological polar surface area (TPSA) is 114 Å². The molecule has 0 N–H and O–H groups in total. The highest BCUT2D eigenvalue weighted by molar-refractivity contribution is 6.18. The number of rotatable bonds is 6. The molecular weight excluding hydrogens is 394 g/mol. The van der Waals surface area contributed by atoms with Gasteiger partial charge in [-0.1, -0.05) is 12.1 Å². The third-order valence-corrected chi connectivity index (χ3v) is 4.16. The van der Waals surface area contributed by atoms with Crippen LogP contribution in [0.5, 0.6) is 11.5 Å². The van der Waals surface area contributed by atoms with Gasteiger partial charge < -0.3 is 18.9 Å². The number of benzene rings is 2. The monoisotopic (exact) mass is 413 g/mol. The van der Waals surface area contributed by atoms with Gasteiger partial charge in [0.15, 0.2) is 0 Å². The second-order valence-corrected chi connectivity index (χ2v) is 6.85. The van der Waals surface area contributed by atoms with Crippen molar-refractivity contribution < 1.29 is 33.5 Å². The summed E-state index contributed by atoms with van der Waals surface area (Å²) in [4.78, 5) is 34.7. The van der Waals surface area contributed by atoms with E-state index in [1.54, 1.807) is 24.3 Å². The molecule has 9 heteroatoms. The molecule has 2 aromatic carbocycles. The summed E-state index contributed by atoms with van der Waals surface area (Å²) in [5.74, 6) is -2.04. The fourth-order valence-corrected chi connectivity index (χ4v) is 2.79. The smallest absolute Gasteiger partial charge is 0.348 e. The van der Waals surface area contributed by atoms with Gasteiger partial charge in [-0.25, -0.2) is 9.59 Å². The quantitative estimate of drug-likeness (QED) is 0.233. The summed E-state index contributed by atoms with van der Waals surface area (Å²) in [6.07, 6.45) is 1.36. The molecule has 156 valence electrons. The number of non-ortho nitro benzene ring substituents is 1. The fraction of sp³-hybridized carbons (Fsp3) is 0.238. The number of methoxy groups -OCH3 is 1. The maximum Gasteiger partial charge on any atom is 0.348 e. The largest absolute Gasteiger partial charge is 0.496 e. The first kappa shape index (κ1) is 20.8. The molecule has 0 aromatic heterocycles. The molecule has 0 spiro atoms. The van der Waals surface area contributed by atoms with Crippen molar-refractivity contribution >= 4 is 23.7 Å². The molecule has 1 aliphatic heterocycles. The van der Waals surface area contributed by atoms with E-state index in [0.29, 0.717) is 22.6 Å². The van der Waals surface area contributed by atoms with E-state index >= 15 is 0 Å². The van der Waals surface area contributed by atoms with Crippen molar-refractivity contribution in [1.82, 2.24) is 0 Å². The van der Waals surface area contributed by atoms with Gasteiger partial charge >= 0.3 is 11.9 Å². The van der Waals surface area contributed by atoms with Crippen molar-refractivity contribution in [2.45, 2.75) is 26.2 Å². The van der Waals surface area contributed by atoms with Gasteiger partial charge in [-0.3, -0.25) is 10.1 Å². The Morgan fingerprint density at radius 3 is 2.43 bits per heavy atom. The molecule has 2 aromatic rings. The lowest BCUT2D eigenvalue weighted by molar-refractivity contribution is -0.384. The van der Waals surface area contributed by atoms with E-state index < -0.39 is 22.6 Å². The number of cyclic esters (lactones) is 2. The SMILES string of the molecule is COc1ccc(C=C2C(=O)OC(C)(C)OC2=O)cc1COc1cccc([N+](=O)[O-])c1. The minimum atomic E-state index is -1.32. The second-order valence-electron chi connectivity index (χ2n) is 6.85. The fourth-order valence-electron chi connectivity index (χ4n) is 2.79. The number of nitro benzene ring substituents is 1. The number of hydrogen-bond acceptors (Lipinski definition) is 8. The van der Waals surface area contributed by atoms with Crippen LogP contribution in [0.1, 0.15) is 25.0 Å². The van der Waals surface area contributed by atoms with Crippen molar-refractivity contribution in [3.63, 3.8) is 0 Å². The first-order valence-electron chi connectivity index (χ1n) is 8.91. The van der Waals surface area contributed by atoms with Gasteiger partial charge in [0.05, 0.1) is 18.1 Å². The lowest BCUT2D eigenvalue weighted by Gasteiger charge is -2.29. The molecule has 0 amide bonds. The van der Waals surface area contributed by atoms with E-state index in [1.807, 2.05) is 0 Å². The van der Waals surface area contributed by atoms with Gasteiger partial charge in [0, 0.05) is 25.5 Å². The summed E-state index contributed by atoms with van der Waals surface area (Å²) in [6, 6.07) is 10.8. The maximum atomic E-state index is 12.1. The molecule has 1 aliphatic rings. The highest BCUT2D eigenvalue weighted by atomic mass is 16.7. The minimum Gasteiger partial charge on any atom is -0.496 e. The third kappa shape index (κ3) is 4.75. The van der Waals surface area contributed by atoms with Crippen LogP contribution in [0.3, 0.4) is 0 Å². The van der Waals surface area contributed by atoms with Crippen LogP contribution in [0, 0.1) is 10.1 Å². The summed E-state index contributed by atoms with van der Waals surface area (Å²) >= 11 is 0. The van der Waals surface area contributed by atoms with Gasteiger partial charge in [0.1, 0.15) is 23.7 Å². The Kier molecular flexibility index (Phi) is 5.72. The van der Waals surface area contributed by atoms with Crippen LogP contribution in [0.15, 0.2) is 48.0 Å². The minimum absolute atomic E-state index is 0.0449.